The Morgan fingerprint density at radius 1 is 1.33 bits per heavy atom. The first-order chi connectivity index (χ1) is 11.5. The van der Waals surface area contributed by atoms with E-state index in [1.807, 2.05) is 4.57 Å². The number of aromatic nitrogens is 4. The molecule has 0 bridgehead atoms. The predicted molar refractivity (Wildman–Crippen MR) is 92.0 cm³/mol. The third kappa shape index (κ3) is 3.03. The zero-order valence-electron chi connectivity index (χ0n) is 13.2. The van der Waals surface area contributed by atoms with Crippen LogP contribution in [0.25, 0.3) is 11.2 Å². The van der Waals surface area contributed by atoms with Crippen molar-refractivity contribution in [2.45, 2.75) is 26.3 Å². The molecule has 0 aliphatic carbocycles. The molecule has 0 aliphatic heterocycles. The van der Waals surface area contributed by atoms with E-state index in [0.717, 1.165) is 6.42 Å². The topological polar surface area (TPSA) is 92.9 Å². The Morgan fingerprint density at radius 3 is 2.67 bits per heavy atom. The molecule has 24 heavy (non-hydrogen) atoms. The van der Waals surface area contributed by atoms with Crippen LogP contribution in [0.3, 0.4) is 0 Å². The number of benzene rings is 1. The Morgan fingerprint density at radius 2 is 2.04 bits per heavy atom. The third-order valence-corrected chi connectivity index (χ3v) is 4.02. The number of aromatic carboxylic acids is 1. The first kappa shape index (κ1) is 16.2. The normalized spacial score (nSPS) is 12.3. The van der Waals surface area contributed by atoms with Gasteiger partial charge in [-0.2, -0.15) is 9.97 Å². The second-order valence-electron chi connectivity index (χ2n) is 5.43. The van der Waals surface area contributed by atoms with Crippen LogP contribution < -0.4 is 5.32 Å². The number of anilines is 2. The van der Waals surface area contributed by atoms with Crippen molar-refractivity contribution in [3.8, 4) is 0 Å². The number of hydrogen-bond donors (Lipinski definition) is 2. The molecule has 2 N–H and O–H groups in total. The minimum atomic E-state index is -0.971. The zero-order chi connectivity index (χ0) is 17.3. The molecule has 3 rings (SSSR count). The van der Waals surface area contributed by atoms with Crippen molar-refractivity contribution in [3.05, 3.63) is 41.4 Å². The van der Waals surface area contributed by atoms with Gasteiger partial charge in [0.05, 0.1) is 11.9 Å². The molecule has 124 valence electrons. The molecule has 7 nitrogen and oxygen atoms in total. The maximum Gasteiger partial charge on any atom is 0.335 e. The number of nitrogens with one attached hydrogen (secondary N) is 1. The minimum Gasteiger partial charge on any atom is -0.478 e. The van der Waals surface area contributed by atoms with Gasteiger partial charge in [0.1, 0.15) is 0 Å². The van der Waals surface area contributed by atoms with Gasteiger partial charge >= 0.3 is 5.97 Å². The van der Waals surface area contributed by atoms with Crippen molar-refractivity contribution in [2.75, 3.05) is 5.32 Å². The number of nitrogens with zero attached hydrogens (tertiary/aromatic N) is 4. The monoisotopic (exact) mass is 345 g/mol. The fourth-order valence-electron chi connectivity index (χ4n) is 2.33. The first-order valence-corrected chi connectivity index (χ1v) is 7.87. The van der Waals surface area contributed by atoms with Crippen LogP contribution in [0.15, 0.2) is 30.6 Å². The van der Waals surface area contributed by atoms with E-state index in [0.29, 0.717) is 22.7 Å². The number of imidazole rings is 1. The summed E-state index contributed by atoms with van der Waals surface area (Å²) < 4.78 is 1.96. The molecule has 2 aromatic heterocycles. The fourth-order valence-corrected chi connectivity index (χ4v) is 2.49. The molecule has 1 atom stereocenters. The standard InChI is InChI=1S/C16H16ClN5O2/c1-3-9(2)22-8-18-12-13(20-16(17)21-14(12)22)19-11-6-4-10(5-7-11)15(23)24/h4-9H,3H2,1-2H3,(H,23,24)(H,19,20,21). The summed E-state index contributed by atoms with van der Waals surface area (Å²) in [6, 6.07) is 6.60. The molecule has 0 radical (unpaired) electrons. The van der Waals surface area contributed by atoms with Crippen LogP contribution in [-0.4, -0.2) is 30.6 Å². The van der Waals surface area contributed by atoms with Crippen LogP contribution >= 0.6 is 11.6 Å². The molecule has 8 heteroatoms. The Hall–Kier alpha value is -2.67. The highest BCUT2D eigenvalue weighted by Gasteiger charge is 2.15. The highest BCUT2D eigenvalue weighted by atomic mass is 35.5. The summed E-state index contributed by atoms with van der Waals surface area (Å²) in [5, 5.41) is 12.2. The van der Waals surface area contributed by atoms with E-state index in [1.54, 1.807) is 18.5 Å². The molecule has 0 amide bonds. The lowest BCUT2D eigenvalue weighted by Crippen LogP contribution is -2.04. The number of carboxylic acid groups (broad SMARTS) is 1. The molecule has 3 aromatic rings. The molecule has 0 saturated carbocycles. The first-order valence-electron chi connectivity index (χ1n) is 7.50. The van der Waals surface area contributed by atoms with Crippen LogP contribution in [0.2, 0.25) is 5.28 Å². The number of halogens is 1. The number of carboxylic acids is 1. The summed E-state index contributed by atoms with van der Waals surface area (Å²) in [7, 11) is 0. The summed E-state index contributed by atoms with van der Waals surface area (Å²) in [5.41, 5.74) is 2.18. The van der Waals surface area contributed by atoms with Gasteiger partial charge in [-0.1, -0.05) is 6.92 Å². The lowest BCUT2D eigenvalue weighted by Gasteiger charge is -2.11. The number of hydrogen-bond acceptors (Lipinski definition) is 5. The Labute approximate surface area is 143 Å². The highest BCUT2D eigenvalue weighted by Crippen LogP contribution is 2.26. The van der Waals surface area contributed by atoms with E-state index in [-0.39, 0.29) is 16.9 Å². The molecule has 0 saturated heterocycles. The van der Waals surface area contributed by atoms with Crippen LogP contribution in [0.4, 0.5) is 11.5 Å². The molecule has 2 heterocycles. The van der Waals surface area contributed by atoms with Crippen molar-refractivity contribution in [1.82, 2.24) is 19.5 Å². The van der Waals surface area contributed by atoms with Crippen molar-refractivity contribution >= 4 is 40.2 Å². The highest BCUT2D eigenvalue weighted by molar-refractivity contribution is 6.28. The van der Waals surface area contributed by atoms with E-state index in [9.17, 15) is 4.79 Å². The van der Waals surface area contributed by atoms with Gasteiger partial charge in [0.2, 0.25) is 5.28 Å². The van der Waals surface area contributed by atoms with Gasteiger partial charge in [0.15, 0.2) is 17.0 Å². The molecular weight excluding hydrogens is 330 g/mol. The van der Waals surface area contributed by atoms with Gasteiger partial charge in [0.25, 0.3) is 0 Å². The summed E-state index contributed by atoms with van der Waals surface area (Å²) in [6.07, 6.45) is 2.66. The molecule has 0 aliphatic rings. The Bertz CT molecular complexity index is 891. The van der Waals surface area contributed by atoms with Crippen molar-refractivity contribution < 1.29 is 9.90 Å². The SMILES string of the molecule is CCC(C)n1cnc2c(Nc3ccc(C(=O)O)cc3)nc(Cl)nc21. The maximum absolute atomic E-state index is 10.9. The van der Waals surface area contributed by atoms with Gasteiger partial charge in [-0.05, 0) is 49.2 Å². The third-order valence-electron chi connectivity index (χ3n) is 3.85. The largest absolute Gasteiger partial charge is 0.478 e. The minimum absolute atomic E-state index is 0.122. The lowest BCUT2D eigenvalue weighted by molar-refractivity contribution is 0.0697. The summed E-state index contributed by atoms with van der Waals surface area (Å²) in [6.45, 7) is 4.16. The Kier molecular flexibility index (Phi) is 4.35. The van der Waals surface area contributed by atoms with Crippen LogP contribution in [-0.2, 0) is 0 Å². The fraction of sp³-hybridized carbons (Fsp3) is 0.250. The summed E-state index contributed by atoms with van der Waals surface area (Å²) in [4.78, 5) is 23.8. The van der Waals surface area contributed by atoms with Gasteiger partial charge in [-0.3, -0.25) is 0 Å². The van der Waals surface area contributed by atoms with Crippen LogP contribution in [0.5, 0.6) is 0 Å². The van der Waals surface area contributed by atoms with E-state index >= 15 is 0 Å². The van der Waals surface area contributed by atoms with Gasteiger partial charge in [-0.15, -0.1) is 0 Å². The predicted octanol–water partition coefficient (Wildman–Crippen LogP) is 3.89. The van der Waals surface area contributed by atoms with Gasteiger partial charge in [0, 0.05) is 11.7 Å². The lowest BCUT2D eigenvalue weighted by atomic mass is 10.2. The second kappa shape index (κ2) is 6.45. The Balaban J connectivity index is 2.00. The number of rotatable bonds is 5. The van der Waals surface area contributed by atoms with Crippen LogP contribution in [0.1, 0.15) is 36.7 Å². The molecular formula is C16H16ClN5O2. The van der Waals surface area contributed by atoms with E-state index in [2.05, 4.69) is 34.1 Å². The number of carbonyl (C=O) groups is 1. The molecule has 0 fully saturated rings. The molecule has 1 aromatic carbocycles. The average Bonchev–Trinajstić information content (AvgIpc) is 2.98. The molecule has 1 unspecified atom stereocenters. The van der Waals surface area contributed by atoms with E-state index < -0.39 is 5.97 Å². The van der Waals surface area contributed by atoms with Crippen molar-refractivity contribution in [2.24, 2.45) is 0 Å². The molecule has 0 spiro atoms. The zero-order valence-corrected chi connectivity index (χ0v) is 13.9. The number of fused-ring (bicyclic) bond motifs is 1. The van der Waals surface area contributed by atoms with E-state index in [4.69, 9.17) is 16.7 Å². The quantitative estimate of drug-likeness (QED) is 0.681. The van der Waals surface area contributed by atoms with Crippen molar-refractivity contribution in [1.29, 1.82) is 0 Å². The second-order valence-corrected chi connectivity index (χ2v) is 5.77. The van der Waals surface area contributed by atoms with Crippen LogP contribution in [0, 0.1) is 0 Å². The summed E-state index contributed by atoms with van der Waals surface area (Å²) >= 11 is 6.05. The van der Waals surface area contributed by atoms with Crippen molar-refractivity contribution in [3.63, 3.8) is 0 Å². The van der Waals surface area contributed by atoms with Gasteiger partial charge < -0.3 is 15.0 Å². The maximum atomic E-state index is 10.9. The summed E-state index contributed by atoms with van der Waals surface area (Å²) in [5.74, 6) is -0.489. The average molecular weight is 346 g/mol. The smallest absolute Gasteiger partial charge is 0.335 e. The van der Waals surface area contributed by atoms with E-state index in [1.165, 1.54) is 12.1 Å². The van der Waals surface area contributed by atoms with Gasteiger partial charge in [-0.25, -0.2) is 9.78 Å².